The third kappa shape index (κ3) is 3.11. The number of nitrogens with one attached hydrogen (secondary N) is 1. The summed E-state index contributed by atoms with van der Waals surface area (Å²) in [6, 6.07) is 9.18. The van der Waals surface area contributed by atoms with Gasteiger partial charge in [0.1, 0.15) is 0 Å². The zero-order valence-corrected chi connectivity index (χ0v) is 13.1. The van der Waals surface area contributed by atoms with Crippen molar-refractivity contribution < 1.29 is 14.7 Å². The fraction of sp³-hybridized carbons (Fsp3) is 0.353. The molecule has 1 aliphatic carbocycles. The van der Waals surface area contributed by atoms with Gasteiger partial charge in [0.15, 0.2) is 0 Å². The average Bonchev–Trinajstić information content (AvgIpc) is 2.80. The molecule has 0 saturated heterocycles. The van der Waals surface area contributed by atoms with Crippen molar-refractivity contribution in [3.63, 3.8) is 0 Å². The molecule has 0 radical (unpaired) electrons. The van der Waals surface area contributed by atoms with Gasteiger partial charge in [-0.1, -0.05) is 0 Å². The van der Waals surface area contributed by atoms with Gasteiger partial charge in [-0.05, 0) is 57.0 Å². The van der Waals surface area contributed by atoms with Crippen molar-refractivity contribution in [2.75, 3.05) is 0 Å². The van der Waals surface area contributed by atoms with Crippen LogP contribution in [0.4, 0.5) is 0 Å². The van der Waals surface area contributed by atoms with E-state index >= 15 is 0 Å². The molecule has 0 atom stereocenters. The van der Waals surface area contributed by atoms with Gasteiger partial charge in [-0.2, -0.15) is 5.10 Å². The molecular weight excluding hydrogens is 294 g/mol. The Balaban J connectivity index is 1.64. The minimum atomic E-state index is -0.787. The number of carboxylic acid groups (broad SMARTS) is 1. The van der Waals surface area contributed by atoms with Crippen LogP contribution in [-0.4, -0.2) is 32.8 Å². The molecule has 120 valence electrons. The summed E-state index contributed by atoms with van der Waals surface area (Å²) in [5, 5.41) is 16.1. The summed E-state index contributed by atoms with van der Waals surface area (Å²) in [7, 11) is 0. The molecule has 2 aromatic rings. The summed E-state index contributed by atoms with van der Waals surface area (Å²) < 4.78 is 1.83. The molecule has 1 fully saturated rings. The first-order valence-corrected chi connectivity index (χ1v) is 7.61. The Kier molecular flexibility index (Phi) is 3.90. The van der Waals surface area contributed by atoms with Crippen LogP contribution in [0.15, 0.2) is 30.3 Å². The molecule has 0 spiro atoms. The summed E-state index contributed by atoms with van der Waals surface area (Å²) in [6.07, 6.45) is 1.01. The molecule has 0 bridgehead atoms. The molecule has 1 aliphatic rings. The Hall–Kier alpha value is -2.63. The Bertz CT molecular complexity index is 743. The van der Waals surface area contributed by atoms with Crippen molar-refractivity contribution in [1.82, 2.24) is 15.1 Å². The second-order valence-electron chi connectivity index (χ2n) is 6.06. The van der Waals surface area contributed by atoms with E-state index in [0.717, 1.165) is 17.1 Å². The van der Waals surface area contributed by atoms with Crippen molar-refractivity contribution in [3.8, 4) is 5.69 Å². The molecule has 23 heavy (non-hydrogen) atoms. The molecule has 0 unspecified atom stereocenters. The highest BCUT2D eigenvalue weighted by atomic mass is 16.4. The van der Waals surface area contributed by atoms with Gasteiger partial charge < -0.3 is 10.4 Å². The quantitative estimate of drug-likeness (QED) is 0.905. The van der Waals surface area contributed by atoms with Crippen molar-refractivity contribution >= 4 is 11.9 Å². The maximum absolute atomic E-state index is 12.2. The molecule has 6 nitrogen and oxygen atoms in total. The zero-order chi connectivity index (χ0) is 16.6. The normalized spacial score (nSPS) is 19.9. The lowest BCUT2D eigenvalue weighted by atomic mass is 9.80. The number of nitrogens with zero attached hydrogens (tertiary/aromatic N) is 2. The number of carboxylic acids is 1. The van der Waals surface area contributed by atoms with Crippen LogP contribution in [0.1, 0.15) is 34.6 Å². The van der Waals surface area contributed by atoms with E-state index in [2.05, 4.69) is 10.4 Å². The van der Waals surface area contributed by atoms with Crippen molar-refractivity contribution in [2.45, 2.75) is 32.7 Å². The van der Waals surface area contributed by atoms with E-state index < -0.39 is 5.97 Å². The molecule has 1 amide bonds. The number of hydrogen-bond acceptors (Lipinski definition) is 3. The molecule has 1 heterocycles. The second kappa shape index (κ2) is 5.87. The molecule has 2 N–H and O–H groups in total. The lowest BCUT2D eigenvalue weighted by molar-refractivity contribution is -0.145. The minimum absolute atomic E-state index is 0.0423. The van der Waals surface area contributed by atoms with Crippen LogP contribution in [0.2, 0.25) is 0 Å². The number of rotatable bonds is 4. The number of benzene rings is 1. The van der Waals surface area contributed by atoms with Gasteiger partial charge >= 0.3 is 5.97 Å². The van der Waals surface area contributed by atoms with E-state index in [1.54, 1.807) is 12.1 Å². The number of carbonyl (C=O) groups is 2. The molecule has 0 aliphatic heterocycles. The van der Waals surface area contributed by atoms with Gasteiger partial charge in [-0.25, -0.2) is 4.68 Å². The topological polar surface area (TPSA) is 84.2 Å². The van der Waals surface area contributed by atoms with Crippen LogP contribution in [0, 0.1) is 19.8 Å². The van der Waals surface area contributed by atoms with Crippen LogP contribution >= 0.6 is 0 Å². The molecule has 1 aromatic heterocycles. The van der Waals surface area contributed by atoms with Crippen molar-refractivity contribution in [1.29, 1.82) is 0 Å². The Morgan fingerprint density at radius 3 is 2.39 bits per heavy atom. The number of amides is 1. The van der Waals surface area contributed by atoms with E-state index in [0.29, 0.717) is 18.4 Å². The van der Waals surface area contributed by atoms with Crippen LogP contribution in [-0.2, 0) is 4.79 Å². The predicted octanol–water partition coefficient (Wildman–Crippen LogP) is 2.08. The van der Waals surface area contributed by atoms with Crippen molar-refractivity contribution in [2.24, 2.45) is 5.92 Å². The summed E-state index contributed by atoms with van der Waals surface area (Å²) in [5.74, 6) is -1.28. The number of aryl methyl sites for hydroxylation is 2. The van der Waals surface area contributed by atoms with Gasteiger partial charge in [0.25, 0.3) is 5.91 Å². The molecular formula is C17H19N3O3. The SMILES string of the molecule is Cc1cc(C)n(-c2ccc(C(=O)NC3CC(C(=O)O)C3)cc2)n1. The Labute approximate surface area is 134 Å². The first kappa shape index (κ1) is 15.3. The Morgan fingerprint density at radius 1 is 1.22 bits per heavy atom. The zero-order valence-electron chi connectivity index (χ0n) is 13.1. The monoisotopic (exact) mass is 313 g/mol. The van der Waals surface area contributed by atoms with E-state index in [9.17, 15) is 9.59 Å². The standard InChI is InChI=1S/C17H19N3O3/c1-10-7-11(2)20(19-10)15-5-3-12(4-6-15)16(21)18-14-8-13(9-14)17(22)23/h3-7,13-14H,8-9H2,1-2H3,(H,18,21)(H,22,23). The first-order valence-electron chi connectivity index (χ1n) is 7.61. The highest BCUT2D eigenvalue weighted by molar-refractivity contribution is 5.94. The molecule has 3 rings (SSSR count). The van der Waals surface area contributed by atoms with Crippen LogP contribution in [0.3, 0.4) is 0 Å². The number of hydrogen-bond donors (Lipinski definition) is 2. The van der Waals surface area contributed by atoms with E-state index in [1.807, 2.05) is 36.7 Å². The van der Waals surface area contributed by atoms with Gasteiger partial charge in [0.05, 0.1) is 17.3 Å². The maximum Gasteiger partial charge on any atom is 0.306 e. The average molecular weight is 313 g/mol. The fourth-order valence-corrected chi connectivity index (χ4v) is 2.85. The van der Waals surface area contributed by atoms with Gasteiger partial charge in [0, 0.05) is 17.3 Å². The van der Waals surface area contributed by atoms with Gasteiger partial charge in [0.2, 0.25) is 0 Å². The summed E-state index contributed by atoms with van der Waals surface area (Å²) in [5.41, 5.74) is 3.45. The second-order valence-corrected chi connectivity index (χ2v) is 6.06. The van der Waals surface area contributed by atoms with Crippen molar-refractivity contribution in [3.05, 3.63) is 47.3 Å². The molecule has 1 aromatic carbocycles. The predicted molar refractivity (Wildman–Crippen MR) is 84.7 cm³/mol. The number of aliphatic carboxylic acids is 1. The van der Waals surface area contributed by atoms with E-state index in [4.69, 9.17) is 5.11 Å². The van der Waals surface area contributed by atoms with Gasteiger partial charge in [-0.15, -0.1) is 0 Å². The van der Waals surface area contributed by atoms with Gasteiger partial charge in [-0.3, -0.25) is 9.59 Å². The van der Waals surface area contributed by atoms with Crippen LogP contribution < -0.4 is 5.32 Å². The lowest BCUT2D eigenvalue weighted by Crippen LogP contribution is -2.46. The number of aromatic nitrogens is 2. The van der Waals surface area contributed by atoms with E-state index in [1.165, 1.54) is 0 Å². The highest BCUT2D eigenvalue weighted by Crippen LogP contribution is 2.27. The summed E-state index contributed by atoms with van der Waals surface area (Å²) >= 11 is 0. The summed E-state index contributed by atoms with van der Waals surface area (Å²) in [6.45, 7) is 3.92. The fourth-order valence-electron chi connectivity index (χ4n) is 2.85. The smallest absolute Gasteiger partial charge is 0.306 e. The van der Waals surface area contributed by atoms with E-state index in [-0.39, 0.29) is 17.9 Å². The third-order valence-corrected chi connectivity index (χ3v) is 4.21. The molecule has 1 saturated carbocycles. The maximum atomic E-state index is 12.2. The minimum Gasteiger partial charge on any atom is -0.481 e. The number of carbonyl (C=O) groups excluding carboxylic acids is 1. The molecule has 6 heteroatoms. The highest BCUT2D eigenvalue weighted by Gasteiger charge is 2.35. The summed E-state index contributed by atoms with van der Waals surface area (Å²) in [4.78, 5) is 22.9. The van der Waals surface area contributed by atoms with Crippen LogP contribution in [0.25, 0.3) is 5.69 Å². The largest absolute Gasteiger partial charge is 0.481 e. The lowest BCUT2D eigenvalue weighted by Gasteiger charge is -2.32. The first-order chi connectivity index (χ1) is 10.9. The third-order valence-electron chi connectivity index (χ3n) is 4.21. The van der Waals surface area contributed by atoms with Crippen LogP contribution in [0.5, 0.6) is 0 Å². The Morgan fingerprint density at radius 2 is 1.87 bits per heavy atom.